The summed E-state index contributed by atoms with van der Waals surface area (Å²) < 4.78 is 5.66. The Bertz CT molecular complexity index is 1090. The van der Waals surface area contributed by atoms with Crippen LogP contribution in [0.1, 0.15) is 64.0 Å². The molecule has 186 valence electrons. The molecule has 0 bridgehead atoms. The SMILES string of the molecule is CC(C)(NC(=O)C1CCCC1NC(=O)OCC1c2ccccc2-c2ccccc21)C(C)(C)C(=O)O. The molecule has 0 aliphatic heterocycles. The van der Waals surface area contributed by atoms with Gasteiger partial charge in [-0.05, 0) is 62.8 Å². The van der Waals surface area contributed by atoms with Gasteiger partial charge in [0.15, 0.2) is 0 Å². The van der Waals surface area contributed by atoms with Crippen molar-refractivity contribution in [2.75, 3.05) is 6.61 Å². The van der Waals surface area contributed by atoms with E-state index in [1.165, 1.54) is 0 Å². The van der Waals surface area contributed by atoms with Crippen molar-refractivity contribution in [2.24, 2.45) is 11.3 Å². The molecule has 2 amide bonds. The third-order valence-corrected chi connectivity index (χ3v) is 8.03. The maximum atomic E-state index is 13.1. The quantitative estimate of drug-likeness (QED) is 0.535. The Morgan fingerprint density at radius 2 is 1.51 bits per heavy atom. The summed E-state index contributed by atoms with van der Waals surface area (Å²) in [6, 6.07) is 16.0. The van der Waals surface area contributed by atoms with Crippen molar-refractivity contribution in [2.45, 2.75) is 64.5 Å². The van der Waals surface area contributed by atoms with Crippen molar-refractivity contribution in [1.82, 2.24) is 10.6 Å². The highest BCUT2D eigenvalue weighted by molar-refractivity contribution is 5.84. The molecule has 7 heteroatoms. The fourth-order valence-corrected chi connectivity index (χ4v) is 5.06. The molecule has 4 rings (SSSR count). The first-order chi connectivity index (χ1) is 16.5. The van der Waals surface area contributed by atoms with E-state index >= 15 is 0 Å². The first kappa shape index (κ1) is 24.8. The maximum absolute atomic E-state index is 13.1. The third-order valence-electron chi connectivity index (χ3n) is 8.03. The summed E-state index contributed by atoms with van der Waals surface area (Å²) in [4.78, 5) is 37.5. The van der Waals surface area contributed by atoms with Crippen LogP contribution >= 0.6 is 0 Å². The van der Waals surface area contributed by atoms with Crippen LogP contribution in [0.2, 0.25) is 0 Å². The Labute approximate surface area is 206 Å². The summed E-state index contributed by atoms with van der Waals surface area (Å²) in [7, 11) is 0. The van der Waals surface area contributed by atoms with E-state index in [9.17, 15) is 19.5 Å². The van der Waals surface area contributed by atoms with Crippen LogP contribution in [-0.2, 0) is 14.3 Å². The lowest BCUT2D eigenvalue weighted by Gasteiger charge is -2.39. The lowest BCUT2D eigenvalue weighted by atomic mass is 9.74. The number of alkyl carbamates (subject to hydrolysis) is 1. The largest absolute Gasteiger partial charge is 0.481 e. The normalized spacial score (nSPS) is 19.5. The number of carboxylic acids is 1. The summed E-state index contributed by atoms with van der Waals surface area (Å²) in [5, 5.41) is 15.4. The van der Waals surface area contributed by atoms with Gasteiger partial charge >= 0.3 is 12.1 Å². The Hall–Kier alpha value is -3.35. The van der Waals surface area contributed by atoms with Crippen LogP contribution in [0, 0.1) is 11.3 Å². The average molecular weight is 479 g/mol. The first-order valence-corrected chi connectivity index (χ1v) is 12.2. The number of nitrogens with one attached hydrogen (secondary N) is 2. The summed E-state index contributed by atoms with van der Waals surface area (Å²) >= 11 is 0. The van der Waals surface area contributed by atoms with E-state index in [0.717, 1.165) is 28.7 Å². The van der Waals surface area contributed by atoms with Gasteiger partial charge in [0.05, 0.1) is 11.3 Å². The Kier molecular flexibility index (Phi) is 6.62. The molecule has 2 aromatic rings. The molecule has 0 spiro atoms. The predicted octanol–water partition coefficient (Wildman–Crippen LogP) is 4.70. The zero-order valence-electron chi connectivity index (χ0n) is 20.8. The van der Waals surface area contributed by atoms with Gasteiger partial charge < -0.3 is 20.5 Å². The van der Waals surface area contributed by atoms with E-state index in [1.807, 2.05) is 24.3 Å². The first-order valence-electron chi connectivity index (χ1n) is 12.2. The molecular weight excluding hydrogens is 444 g/mol. The van der Waals surface area contributed by atoms with Gasteiger partial charge in [-0.3, -0.25) is 9.59 Å². The molecule has 1 fully saturated rings. The van der Waals surface area contributed by atoms with E-state index in [2.05, 4.69) is 34.9 Å². The van der Waals surface area contributed by atoms with Crippen LogP contribution < -0.4 is 10.6 Å². The second-order valence-electron chi connectivity index (χ2n) is 10.7. The van der Waals surface area contributed by atoms with Gasteiger partial charge in [-0.25, -0.2) is 4.79 Å². The van der Waals surface area contributed by atoms with Gasteiger partial charge in [-0.2, -0.15) is 0 Å². The van der Waals surface area contributed by atoms with Gasteiger partial charge in [0.25, 0.3) is 0 Å². The van der Waals surface area contributed by atoms with Gasteiger partial charge in [0.2, 0.25) is 5.91 Å². The number of rotatable bonds is 7. The van der Waals surface area contributed by atoms with Gasteiger partial charge in [0.1, 0.15) is 6.61 Å². The molecule has 35 heavy (non-hydrogen) atoms. The lowest BCUT2D eigenvalue weighted by Crippen LogP contribution is -2.59. The number of aliphatic carboxylic acids is 1. The minimum atomic E-state index is -1.16. The molecule has 2 unspecified atom stereocenters. The second kappa shape index (κ2) is 9.36. The summed E-state index contributed by atoms with van der Waals surface area (Å²) in [6.07, 6.45) is 1.56. The summed E-state index contributed by atoms with van der Waals surface area (Å²) in [6.45, 7) is 6.82. The van der Waals surface area contributed by atoms with E-state index in [0.29, 0.717) is 12.8 Å². The number of amides is 2. The highest BCUT2D eigenvalue weighted by Gasteiger charge is 2.46. The molecule has 0 heterocycles. The number of carbonyl (C=O) groups excluding carboxylic acids is 2. The van der Waals surface area contributed by atoms with E-state index in [4.69, 9.17) is 4.74 Å². The molecular formula is C28H34N2O5. The molecule has 0 aromatic heterocycles. The number of carbonyl (C=O) groups is 3. The van der Waals surface area contributed by atoms with Gasteiger partial charge in [0, 0.05) is 17.5 Å². The number of hydrogen-bond donors (Lipinski definition) is 3. The molecule has 2 aliphatic rings. The monoisotopic (exact) mass is 478 g/mol. The maximum Gasteiger partial charge on any atom is 0.407 e. The lowest BCUT2D eigenvalue weighted by molar-refractivity contribution is -0.152. The van der Waals surface area contributed by atoms with Crippen LogP contribution in [0.15, 0.2) is 48.5 Å². The minimum Gasteiger partial charge on any atom is -0.481 e. The molecule has 0 radical (unpaired) electrons. The van der Waals surface area contributed by atoms with Crippen molar-refractivity contribution >= 4 is 18.0 Å². The Balaban J connectivity index is 1.38. The van der Waals surface area contributed by atoms with Crippen LogP contribution in [0.3, 0.4) is 0 Å². The van der Waals surface area contributed by atoms with Crippen molar-refractivity contribution in [3.05, 3.63) is 59.7 Å². The van der Waals surface area contributed by atoms with E-state index in [1.54, 1.807) is 27.7 Å². The highest BCUT2D eigenvalue weighted by Crippen LogP contribution is 2.44. The van der Waals surface area contributed by atoms with Crippen molar-refractivity contribution < 1.29 is 24.2 Å². The smallest absolute Gasteiger partial charge is 0.407 e. The number of carboxylic acid groups (broad SMARTS) is 1. The molecule has 2 aromatic carbocycles. The Morgan fingerprint density at radius 1 is 0.943 bits per heavy atom. The zero-order chi connectivity index (χ0) is 25.4. The second-order valence-corrected chi connectivity index (χ2v) is 10.7. The van der Waals surface area contributed by atoms with Crippen LogP contribution in [0.4, 0.5) is 4.79 Å². The highest BCUT2D eigenvalue weighted by atomic mass is 16.5. The minimum absolute atomic E-state index is 0.0325. The number of fused-ring (bicyclic) bond motifs is 3. The molecule has 1 saturated carbocycles. The van der Waals surface area contributed by atoms with E-state index < -0.39 is 28.9 Å². The standard InChI is InChI=1S/C28H34N2O5/c1-27(2,25(32)33)28(3,4)30-24(31)21-14-9-15-23(21)29-26(34)35-16-22-19-12-7-5-10-17(19)18-11-6-8-13-20(18)22/h5-8,10-13,21-23H,9,14-16H2,1-4H3,(H,29,34)(H,30,31)(H,32,33). The molecule has 0 saturated heterocycles. The fourth-order valence-electron chi connectivity index (χ4n) is 5.06. The third kappa shape index (κ3) is 4.64. The van der Waals surface area contributed by atoms with Crippen molar-refractivity contribution in [3.63, 3.8) is 0 Å². The topological polar surface area (TPSA) is 105 Å². The van der Waals surface area contributed by atoms with Crippen molar-refractivity contribution in [3.8, 4) is 11.1 Å². The van der Waals surface area contributed by atoms with Crippen LogP contribution in [0.5, 0.6) is 0 Å². The molecule has 2 aliphatic carbocycles. The zero-order valence-corrected chi connectivity index (χ0v) is 20.8. The summed E-state index contributed by atoms with van der Waals surface area (Å²) in [5.74, 6) is -1.69. The predicted molar refractivity (Wildman–Crippen MR) is 133 cm³/mol. The molecule has 3 N–H and O–H groups in total. The van der Waals surface area contributed by atoms with Gasteiger partial charge in [-0.1, -0.05) is 55.0 Å². The number of hydrogen-bond acceptors (Lipinski definition) is 4. The van der Waals surface area contributed by atoms with Crippen LogP contribution in [-0.4, -0.2) is 41.3 Å². The van der Waals surface area contributed by atoms with Gasteiger partial charge in [-0.15, -0.1) is 0 Å². The summed E-state index contributed by atoms with van der Waals surface area (Å²) in [5.41, 5.74) is 2.49. The average Bonchev–Trinajstić information content (AvgIpc) is 3.39. The van der Waals surface area contributed by atoms with Crippen LogP contribution in [0.25, 0.3) is 11.1 Å². The molecule has 7 nitrogen and oxygen atoms in total. The van der Waals surface area contributed by atoms with Crippen molar-refractivity contribution in [1.29, 1.82) is 0 Å². The van der Waals surface area contributed by atoms with E-state index in [-0.39, 0.29) is 24.5 Å². The molecule has 2 atom stereocenters. The number of ether oxygens (including phenoxy) is 1. The fraction of sp³-hybridized carbons (Fsp3) is 0.464. The number of benzene rings is 2. The Morgan fingerprint density at radius 3 is 2.09 bits per heavy atom.